The first kappa shape index (κ1) is 13.8. The molecule has 0 aromatic heterocycles. The van der Waals surface area contributed by atoms with Crippen LogP contribution in [0.5, 0.6) is 5.75 Å². The number of nitrogens with one attached hydrogen (secondary N) is 1. The number of halogens is 1. The molecule has 2 aliphatic rings. The minimum atomic E-state index is -0.979. The van der Waals surface area contributed by atoms with Gasteiger partial charge in [-0.3, -0.25) is 0 Å². The van der Waals surface area contributed by atoms with Crippen molar-refractivity contribution in [2.24, 2.45) is 0 Å². The number of piperidine rings is 2. The molecule has 2 atom stereocenters. The van der Waals surface area contributed by atoms with E-state index in [0.717, 1.165) is 12.8 Å². The Morgan fingerprint density at radius 3 is 2.70 bits per heavy atom. The molecular weight excluding hydrogens is 257 g/mol. The third-order valence-corrected chi connectivity index (χ3v) is 4.49. The van der Waals surface area contributed by atoms with Crippen LogP contribution in [-0.4, -0.2) is 23.8 Å². The van der Waals surface area contributed by atoms with Gasteiger partial charge in [-0.2, -0.15) is 0 Å². The standard InChI is InChI=1S/C16H22FNO2/c1-2-20-15-7-6-11(17)8-14(15)16(19)9-12-4-3-5-13(10-16)18-12/h6-8,12-13,18-19H,2-5,9-10H2,1H3. The van der Waals surface area contributed by atoms with E-state index < -0.39 is 5.60 Å². The Kier molecular flexibility index (Phi) is 3.69. The van der Waals surface area contributed by atoms with E-state index >= 15 is 0 Å². The van der Waals surface area contributed by atoms with Crippen LogP contribution in [0.25, 0.3) is 0 Å². The lowest BCUT2D eigenvalue weighted by atomic mass is 9.73. The van der Waals surface area contributed by atoms with Gasteiger partial charge in [0.2, 0.25) is 0 Å². The largest absolute Gasteiger partial charge is 0.493 e. The first-order valence-electron chi connectivity index (χ1n) is 7.52. The summed E-state index contributed by atoms with van der Waals surface area (Å²) in [6.07, 6.45) is 4.64. The maximum atomic E-state index is 13.6. The molecule has 2 N–H and O–H groups in total. The highest BCUT2D eigenvalue weighted by Crippen LogP contribution is 2.43. The first-order valence-corrected chi connectivity index (χ1v) is 7.52. The average Bonchev–Trinajstić information content (AvgIpc) is 2.40. The normalized spacial score (nSPS) is 33.0. The smallest absolute Gasteiger partial charge is 0.125 e. The van der Waals surface area contributed by atoms with E-state index in [1.165, 1.54) is 18.6 Å². The van der Waals surface area contributed by atoms with Gasteiger partial charge in [-0.05, 0) is 50.8 Å². The molecule has 2 fully saturated rings. The number of aliphatic hydroxyl groups is 1. The molecule has 2 unspecified atom stereocenters. The van der Waals surface area contributed by atoms with E-state index in [4.69, 9.17) is 4.74 Å². The van der Waals surface area contributed by atoms with Crippen molar-refractivity contribution in [1.29, 1.82) is 0 Å². The number of ether oxygens (including phenoxy) is 1. The van der Waals surface area contributed by atoms with Crippen molar-refractivity contribution in [3.05, 3.63) is 29.6 Å². The van der Waals surface area contributed by atoms with Crippen LogP contribution in [0.1, 0.15) is 44.6 Å². The van der Waals surface area contributed by atoms with Crippen molar-refractivity contribution in [2.75, 3.05) is 6.61 Å². The van der Waals surface area contributed by atoms with Crippen LogP contribution in [0.3, 0.4) is 0 Å². The summed E-state index contributed by atoms with van der Waals surface area (Å²) >= 11 is 0. The monoisotopic (exact) mass is 279 g/mol. The molecule has 20 heavy (non-hydrogen) atoms. The Balaban J connectivity index is 1.96. The molecule has 1 aromatic rings. The minimum absolute atomic E-state index is 0.319. The highest BCUT2D eigenvalue weighted by molar-refractivity contribution is 5.39. The van der Waals surface area contributed by atoms with Gasteiger partial charge in [0, 0.05) is 17.6 Å². The molecule has 0 amide bonds. The topological polar surface area (TPSA) is 41.5 Å². The molecule has 2 bridgehead atoms. The van der Waals surface area contributed by atoms with Crippen molar-refractivity contribution in [3.63, 3.8) is 0 Å². The summed E-state index contributed by atoms with van der Waals surface area (Å²) < 4.78 is 19.2. The van der Waals surface area contributed by atoms with Crippen molar-refractivity contribution in [1.82, 2.24) is 5.32 Å². The van der Waals surface area contributed by atoms with Crippen LogP contribution in [0.15, 0.2) is 18.2 Å². The first-order chi connectivity index (χ1) is 9.60. The van der Waals surface area contributed by atoms with Crippen LogP contribution in [0, 0.1) is 5.82 Å². The van der Waals surface area contributed by atoms with Gasteiger partial charge < -0.3 is 15.2 Å². The van der Waals surface area contributed by atoms with Gasteiger partial charge in [0.05, 0.1) is 12.2 Å². The number of fused-ring (bicyclic) bond motifs is 2. The summed E-state index contributed by atoms with van der Waals surface area (Å²) in [5, 5.41) is 14.6. The zero-order valence-corrected chi connectivity index (χ0v) is 11.9. The lowest BCUT2D eigenvalue weighted by molar-refractivity contribution is -0.0378. The van der Waals surface area contributed by atoms with Gasteiger partial charge in [0.1, 0.15) is 11.6 Å². The van der Waals surface area contributed by atoms with Gasteiger partial charge in [-0.1, -0.05) is 6.42 Å². The van der Waals surface area contributed by atoms with Crippen LogP contribution >= 0.6 is 0 Å². The summed E-state index contributed by atoms with van der Waals surface area (Å²) in [5.74, 6) is 0.289. The predicted molar refractivity (Wildman–Crippen MR) is 75.3 cm³/mol. The molecule has 0 spiro atoms. The van der Waals surface area contributed by atoms with Gasteiger partial charge in [-0.15, -0.1) is 0 Å². The van der Waals surface area contributed by atoms with E-state index in [-0.39, 0.29) is 5.82 Å². The van der Waals surface area contributed by atoms with E-state index in [0.29, 0.717) is 42.8 Å². The number of benzene rings is 1. The molecule has 4 heteroatoms. The summed E-state index contributed by atoms with van der Waals surface area (Å²) in [7, 11) is 0. The molecule has 0 saturated carbocycles. The van der Waals surface area contributed by atoms with Crippen molar-refractivity contribution in [3.8, 4) is 5.75 Å². The summed E-state index contributed by atoms with van der Waals surface area (Å²) in [4.78, 5) is 0. The molecule has 0 radical (unpaired) electrons. The second-order valence-corrected chi connectivity index (χ2v) is 6.00. The fourth-order valence-electron chi connectivity index (χ4n) is 3.70. The Bertz CT molecular complexity index is 479. The number of hydrogen-bond donors (Lipinski definition) is 2. The molecule has 2 aliphatic heterocycles. The van der Waals surface area contributed by atoms with E-state index in [1.807, 2.05) is 6.92 Å². The van der Waals surface area contributed by atoms with Crippen LogP contribution in [0.4, 0.5) is 4.39 Å². The minimum Gasteiger partial charge on any atom is -0.493 e. The molecule has 1 aromatic carbocycles. The SMILES string of the molecule is CCOc1ccc(F)cc1C1(O)CC2CCCC(C1)N2. The zero-order chi connectivity index (χ0) is 14.2. The fraction of sp³-hybridized carbons (Fsp3) is 0.625. The average molecular weight is 279 g/mol. The van der Waals surface area contributed by atoms with Gasteiger partial charge in [0.15, 0.2) is 0 Å². The quantitative estimate of drug-likeness (QED) is 0.894. The van der Waals surface area contributed by atoms with Crippen LogP contribution in [0.2, 0.25) is 0 Å². The Labute approximate surface area is 119 Å². The maximum absolute atomic E-state index is 13.6. The van der Waals surface area contributed by atoms with Crippen molar-refractivity contribution in [2.45, 2.75) is 56.7 Å². The predicted octanol–water partition coefficient (Wildman–Crippen LogP) is 2.72. The van der Waals surface area contributed by atoms with Gasteiger partial charge in [-0.25, -0.2) is 4.39 Å². The highest BCUT2D eigenvalue weighted by Gasteiger charge is 2.43. The molecule has 3 rings (SSSR count). The summed E-state index contributed by atoms with van der Waals surface area (Å²) in [6, 6.07) is 5.10. The van der Waals surface area contributed by atoms with E-state index in [1.54, 1.807) is 6.07 Å². The molecule has 0 aliphatic carbocycles. The van der Waals surface area contributed by atoms with Gasteiger partial charge >= 0.3 is 0 Å². The number of hydrogen-bond acceptors (Lipinski definition) is 3. The Hall–Kier alpha value is -1.13. The second-order valence-electron chi connectivity index (χ2n) is 6.00. The zero-order valence-electron chi connectivity index (χ0n) is 11.9. The molecule has 2 heterocycles. The van der Waals surface area contributed by atoms with Crippen molar-refractivity contribution >= 4 is 0 Å². The maximum Gasteiger partial charge on any atom is 0.125 e. The second kappa shape index (κ2) is 5.34. The van der Waals surface area contributed by atoms with Crippen molar-refractivity contribution < 1.29 is 14.2 Å². The molecule has 3 nitrogen and oxygen atoms in total. The Morgan fingerprint density at radius 2 is 2.05 bits per heavy atom. The van der Waals surface area contributed by atoms with Gasteiger partial charge in [0.25, 0.3) is 0 Å². The number of rotatable bonds is 3. The molecule has 2 saturated heterocycles. The lowest BCUT2D eigenvalue weighted by Gasteiger charge is -2.45. The Morgan fingerprint density at radius 1 is 1.35 bits per heavy atom. The lowest BCUT2D eigenvalue weighted by Crippen LogP contribution is -2.54. The van der Waals surface area contributed by atoms with E-state index in [2.05, 4.69) is 5.32 Å². The highest BCUT2D eigenvalue weighted by atomic mass is 19.1. The van der Waals surface area contributed by atoms with E-state index in [9.17, 15) is 9.50 Å². The third kappa shape index (κ3) is 2.54. The summed E-state index contributed by atoms with van der Waals surface area (Å²) in [6.45, 7) is 2.41. The molecular formula is C16H22FNO2. The van der Waals surface area contributed by atoms with Crippen LogP contribution < -0.4 is 10.1 Å². The fourth-order valence-corrected chi connectivity index (χ4v) is 3.70. The van der Waals surface area contributed by atoms with Crippen LogP contribution in [-0.2, 0) is 5.60 Å². The summed E-state index contributed by atoms with van der Waals surface area (Å²) in [5.41, 5.74) is -0.370. The molecule has 110 valence electrons. The third-order valence-electron chi connectivity index (χ3n) is 4.49.